The van der Waals surface area contributed by atoms with E-state index in [-0.39, 0.29) is 25.1 Å². The summed E-state index contributed by atoms with van der Waals surface area (Å²) >= 11 is 6.21. The van der Waals surface area contributed by atoms with Crippen molar-refractivity contribution < 1.29 is 19.4 Å². The fraction of sp³-hybridized carbons (Fsp3) is 0.500. The topological polar surface area (TPSA) is 78.9 Å². The number of hydrogen-bond acceptors (Lipinski definition) is 3. The van der Waals surface area contributed by atoms with E-state index >= 15 is 0 Å². The van der Waals surface area contributed by atoms with E-state index in [9.17, 15) is 9.59 Å². The van der Waals surface area contributed by atoms with Gasteiger partial charge in [-0.3, -0.25) is 4.79 Å². The highest BCUT2D eigenvalue weighted by Gasteiger charge is 2.18. The quantitative estimate of drug-likeness (QED) is 0.829. The molecule has 0 heterocycles. The molecule has 0 bridgehead atoms. The molecule has 1 fully saturated rings. The van der Waals surface area contributed by atoms with Gasteiger partial charge in [0.2, 0.25) is 0 Å². The van der Waals surface area contributed by atoms with E-state index in [1.165, 1.54) is 24.8 Å². The van der Waals surface area contributed by atoms with Crippen LogP contribution in [-0.2, 0) is 4.79 Å². The molecule has 0 saturated heterocycles. The lowest BCUT2D eigenvalue weighted by molar-refractivity contribution is -0.137. The number of amides is 2. The van der Waals surface area contributed by atoms with Gasteiger partial charge in [-0.2, -0.15) is 0 Å². The first kappa shape index (κ1) is 17.4. The molecule has 7 heteroatoms. The first-order valence-electron chi connectivity index (χ1n) is 7.66. The van der Waals surface area contributed by atoms with Crippen molar-refractivity contribution in [1.82, 2.24) is 4.90 Å². The maximum absolute atomic E-state index is 11.9. The van der Waals surface area contributed by atoms with Crippen LogP contribution in [0.5, 0.6) is 5.75 Å². The summed E-state index contributed by atoms with van der Waals surface area (Å²) in [5.41, 5.74) is 0.543. The van der Waals surface area contributed by atoms with Gasteiger partial charge in [-0.25, -0.2) is 4.79 Å². The Bertz CT molecular complexity index is 573. The maximum Gasteiger partial charge on any atom is 0.321 e. The van der Waals surface area contributed by atoms with Crippen molar-refractivity contribution >= 4 is 29.3 Å². The number of urea groups is 1. The highest BCUT2D eigenvalue weighted by Crippen LogP contribution is 2.31. The molecule has 0 radical (unpaired) electrons. The standard InChI is InChI=1S/C16H21ClN2O4/c1-19(9-8-15(20)21)16(22)18-11-6-7-14(13(17)10-11)23-12-4-2-3-5-12/h6-7,10,12H,2-5,8-9H2,1H3,(H,18,22)(H,20,21). The first-order valence-corrected chi connectivity index (χ1v) is 8.03. The Kier molecular flexibility index (Phi) is 6.10. The third-order valence-corrected chi connectivity index (χ3v) is 4.08. The number of nitrogens with one attached hydrogen (secondary N) is 1. The number of carbonyl (C=O) groups is 2. The summed E-state index contributed by atoms with van der Waals surface area (Å²) in [6.45, 7) is 0.137. The molecule has 2 amide bonds. The second kappa shape index (κ2) is 8.06. The van der Waals surface area contributed by atoms with Crippen LogP contribution < -0.4 is 10.1 Å². The molecular formula is C16H21ClN2O4. The van der Waals surface area contributed by atoms with Crippen molar-refractivity contribution in [3.8, 4) is 5.75 Å². The van der Waals surface area contributed by atoms with Gasteiger partial charge in [0.15, 0.2) is 0 Å². The highest BCUT2D eigenvalue weighted by atomic mass is 35.5. The number of hydrogen-bond donors (Lipinski definition) is 2. The summed E-state index contributed by atoms with van der Waals surface area (Å²) in [7, 11) is 1.54. The van der Waals surface area contributed by atoms with Crippen LogP contribution in [-0.4, -0.2) is 41.7 Å². The van der Waals surface area contributed by atoms with E-state index in [0.29, 0.717) is 16.5 Å². The van der Waals surface area contributed by atoms with Gasteiger partial charge in [-0.15, -0.1) is 0 Å². The molecule has 1 aliphatic rings. The zero-order valence-corrected chi connectivity index (χ0v) is 13.8. The monoisotopic (exact) mass is 340 g/mol. The minimum absolute atomic E-state index is 0.0984. The van der Waals surface area contributed by atoms with Crippen molar-refractivity contribution in [1.29, 1.82) is 0 Å². The SMILES string of the molecule is CN(CCC(=O)O)C(=O)Nc1ccc(OC2CCCC2)c(Cl)c1. The van der Waals surface area contributed by atoms with Crippen molar-refractivity contribution in [3.63, 3.8) is 0 Å². The number of carbonyl (C=O) groups excluding carboxylic acids is 1. The van der Waals surface area contributed by atoms with Crippen molar-refractivity contribution in [2.24, 2.45) is 0 Å². The lowest BCUT2D eigenvalue weighted by Crippen LogP contribution is -2.33. The van der Waals surface area contributed by atoms with Crippen LogP contribution in [0.25, 0.3) is 0 Å². The van der Waals surface area contributed by atoms with Crippen LogP contribution in [0, 0.1) is 0 Å². The number of carboxylic acids is 1. The molecule has 0 aromatic heterocycles. The van der Waals surface area contributed by atoms with E-state index < -0.39 is 5.97 Å². The summed E-state index contributed by atoms with van der Waals surface area (Å²) in [4.78, 5) is 23.8. The normalized spacial score (nSPS) is 14.5. The maximum atomic E-state index is 11.9. The van der Waals surface area contributed by atoms with E-state index in [1.807, 2.05) is 0 Å². The first-order chi connectivity index (χ1) is 11.0. The molecule has 126 valence electrons. The summed E-state index contributed by atoms with van der Waals surface area (Å²) in [5, 5.41) is 11.8. The minimum atomic E-state index is -0.943. The van der Waals surface area contributed by atoms with E-state index in [4.69, 9.17) is 21.4 Å². The number of rotatable bonds is 6. The molecule has 6 nitrogen and oxygen atoms in total. The number of halogens is 1. The average Bonchev–Trinajstić information content (AvgIpc) is 3.00. The molecule has 0 atom stereocenters. The van der Waals surface area contributed by atoms with E-state index in [2.05, 4.69) is 5.32 Å². The van der Waals surface area contributed by atoms with E-state index in [0.717, 1.165) is 12.8 Å². The molecular weight excluding hydrogens is 320 g/mol. The third kappa shape index (κ3) is 5.32. The third-order valence-electron chi connectivity index (χ3n) is 3.79. The smallest absolute Gasteiger partial charge is 0.321 e. The van der Waals surface area contributed by atoms with Crippen LogP contribution >= 0.6 is 11.6 Å². The zero-order valence-electron chi connectivity index (χ0n) is 13.0. The molecule has 0 spiro atoms. The number of carboxylic acid groups (broad SMARTS) is 1. The summed E-state index contributed by atoms with van der Waals surface area (Å²) in [5.74, 6) is -0.322. The van der Waals surface area contributed by atoms with Crippen LogP contribution in [0.1, 0.15) is 32.1 Å². The predicted molar refractivity (Wildman–Crippen MR) is 88.2 cm³/mol. The minimum Gasteiger partial charge on any atom is -0.489 e. The van der Waals surface area contributed by atoms with Gasteiger partial charge in [0.25, 0.3) is 0 Å². The van der Waals surface area contributed by atoms with Gasteiger partial charge >= 0.3 is 12.0 Å². The van der Waals surface area contributed by atoms with Crippen molar-refractivity contribution in [2.45, 2.75) is 38.2 Å². The van der Waals surface area contributed by atoms with Gasteiger partial charge in [0.1, 0.15) is 5.75 Å². The summed E-state index contributed by atoms with van der Waals surface area (Å²) in [6, 6.07) is 4.72. The number of anilines is 1. The Morgan fingerprint density at radius 3 is 2.70 bits per heavy atom. The second-order valence-electron chi connectivity index (χ2n) is 5.66. The van der Waals surface area contributed by atoms with Crippen molar-refractivity contribution in [3.05, 3.63) is 23.2 Å². The number of aliphatic carboxylic acids is 1. The van der Waals surface area contributed by atoms with Crippen LogP contribution in [0.3, 0.4) is 0 Å². The van der Waals surface area contributed by atoms with Crippen LogP contribution in [0.2, 0.25) is 5.02 Å². The highest BCUT2D eigenvalue weighted by molar-refractivity contribution is 6.32. The Balaban J connectivity index is 1.91. The van der Waals surface area contributed by atoms with Gasteiger partial charge in [-0.05, 0) is 43.9 Å². The molecule has 23 heavy (non-hydrogen) atoms. The Hall–Kier alpha value is -1.95. The zero-order chi connectivity index (χ0) is 16.8. The fourth-order valence-corrected chi connectivity index (χ4v) is 2.67. The Morgan fingerprint density at radius 2 is 2.09 bits per heavy atom. The summed E-state index contributed by atoms with van der Waals surface area (Å²) in [6.07, 6.45) is 4.57. The number of benzene rings is 1. The molecule has 1 aromatic carbocycles. The molecule has 0 aliphatic heterocycles. The van der Waals surface area contributed by atoms with Gasteiger partial charge < -0.3 is 20.1 Å². The Morgan fingerprint density at radius 1 is 1.39 bits per heavy atom. The van der Waals surface area contributed by atoms with Gasteiger partial charge in [0, 0.05) is 19.3 Å². The largest absolute Gasteiger partial charge is 0.489 e. The fourth-order valence-electron chi connectivity index (χ4n) is 2.44. The van der Waals surface area contributed by atoms with Crippen LogP contribution in [0.4, 0.5) is 10.5 Å². The molecule has 1 saturated carbocycles. The van der Waals surface area contributed by atoms with Crippen molar-refractivity contribution in [2.75, 3.05) is 18.9 Å². The molecule has 1 aliphatic carbocycles. The number of ether oxygens (including phenoxy) is 1. The molecule has 0 unspecified atom stereocenters. The summed E-state index contributed by atoms with van der Waals surface area (Å²) < 4.78 is 5.86. The number of nitrogens with zero attached hydrogens (tertiary/aromatic N) is 1. The molecule has 2 rings (SSSR count). The Labute approximate surface area is 140 Å². The van der Waals surface area contributed by atoms with Gasteiger partial charge in [-0.1, -0.05) is 11.6 Å². The van der Waals surface area contributed by atoms with Gasteiger partial charge in [0.05, 0.1) is 17.5 Å². The lowest BCUT2D eigenvalue weighted by Gasteiger charge is -2.18. The molecule has 1 aromatic rings. The second-order valence-corrected chi connectivity index (χ2v) is 6.07. The lowest BCUT2D eigenvalue weighted by atomic mass is 10.2. The predicted octanol–water partition coefficient (Wildman–Crippen LogP) is 3.60. The molecule has 2 N–H and O–H groups in total. The van der Waals surface area contributed by atoms with E-state index in [1.54, 1.807) is 18.2 Å². The van der Waals surface area contributed by atoms with Crippen LogP contribution in [0.15, 0.2) is 18.2 Å². The average molecular weight is 341 g/mol.